The molecule has 2 heterocycles. The monoisotopic (exact) mass is 397 g/mol. The van der Waals surface area contributed by atoms with E-state index in [1.807, 2.05) is 18.2 Å². The fourth-order valence-corrected chi connectivity index (χ4v) is 4.35. The molecule has 0 atom stereocenters. The Bertz CT molecular complexity index is 860. The number of aromatic nitrogens is 2. The van der Waals surface area contributed by atoms with Crippen LogP contribution in [-0.4, -0.2) is 35.0 Å². The van der Waals surface area contributed by atoms with Crippen molar-refractivity contribution in [2.24, 2.45) is 11.7 Å². The van der Waals surface area contributed by atoms with Crippen LogP contribution in [0.15, 0.2) is 30.5 Å². The number of nitrogens with two attached hydrogens (primary N) is 1. The summed E-state index contributed by atoms with van der Waals surface area (Å²) >= 11 is 0. The summed E-state index contributed by atoms with van der Waals surface area (Å²) in [5.74, 6) is -0.274. The number of carbonyl (C=O) groups excluding carboxylic acids is 1. The number of anilines is 2. The van der Waals surface area contributed by atoms with E-state index in [1.165, 1.54) is 25.5 Å². The highest BCUT2D eigenvalue weighted by atomic mass is 19.1. The first-order valence-electron chi connectivity index (χ1n) is 10.5. The molecule has 0 unspecified atom stereocenters. The van der Waals surface area contributed by atoms with Gasteiger partial charge in [-0.2, -0.15) is 0 Å². The van der Waals surface area contributed by atoms with Crippen molar-refractivity contribution in [3.8, 4) is 11.3 Å². The second-order valence-electron chi connectivity index (χ2n) is 8.08. The maximum Gasteiger partial charge on any atom is 0.223 e. The minimum absolute atomic E-state index is 0.0460. The zero-order valence-corrected chi connectivity index (χ0v) is 16.6. The Morgan fingerprint density at radius 3 is 2.62 bits per heavy atom. The average molecular weight is 397 g/mol. The first-order valence-corrected chi connectivity index (χ1v) is 10.5. The summed E-state index contributed by atoms with van der Waals surface area (Å²) < 4.78 is 14.5. The Labute approximate surface area is 170 Å². The Hall–Kier alpha value is -2.70. The van der Waals surface area contributed by atoms with Gasteiger partial charge in [-0.15, -0.1) is 0 Å². The maximum atomic E-state index is 14.5. The van der Waals surface area contributed by atoms with Crippen LogP contribution < -0.4 is 16.0 Å². The molecule has 1 aromatic heterocycles. The zero-order chi connectivity index (χ0) is 20.2. The highest BCUT2D eigenvalue weighted by molar-refractivity contribution is 5.76. The normalized spacial score (nSPS) is 22.3. The molecule has 1 amide bonds. The van der Waals surface area contributed by atoms with Gasteiger partial charge in [-0.25, -0.2) is 14.4 Å². The third-order valence-corrected chi connectivity index (χ3v) is 6.05. The van der Waals surface area contributed by atoms with Crippen molar-refractivity contribution in [1.29, 1.82) is 0 Å². The number of hydrogen-bond acceptors (Lipinski definition) is 5. The van der Waals surface area contributed by atoms with E-state index in [0.717, 1.165) is 50.0 Å². The van der Waals surface area contributed by atoms with Gasteiger partial charge in [0.25, 0.3) is 0 Å². The molecule has 1 saturated carbocycles. The van der Waals surface area contributed by atoms with E-state index >= 15 is 0 Å². The quantitative estimate of drug-likeness (QED) is 0.803. The van der Waals surface area contributed by atoms with E-state index < -0.39 is 5.82 Å². The van der Waals surface area contributed by atoms with Crippen molar-refractivity contribution >= 4 is 17.5 Å². The molecular formula is C22H28FN5O. The smallest absolute Gasteiger partial charge is 0.223 e. The second-order valence-corrected chi connectivity index (χ2v) is 8.08. The van der Waals surface area contributed by atoms with Crippen LogP contribution in [0, 0.1) is 11.7 Å². The van der Waals surface area contributed by atoms with Crippen LogP contribution in [-0.2, 0) is 4.79 Å². The van der Waals surface area contributed by atoms with Gasteiger partial charge in [0.05, 0.1) is 6.20 Å². The SMILES string of the molecule is NC(=O)[C@H]1CC[C@H](Nc2ncc(F)c(-c3cccc(N4CCCCC4)c3)n2)CC1. The van der Waals surface area contributed by atoms with Gasteiger partial charge in [0, 0.05) is 36.3 Å². The molecule has 1 aliphatic heterocycles. The lowest BCUT2D eigenvalue weighted by Gasteiger charge is -2.29. The fraction of sp³-hybridized carbons (Fsp3) is 0.500. The lowest BCUT2D eigenvalue weighted by molar-refractivity contribution is -0.122. The number of nitrogens with zero attached hydrogens (tertiary/aromatic N) is 3. The molecule has 1 aromatic carbocycles. The summed E-state index contributed by atoms with van der Waals surface area (Å²) in [7, 11) is 0. The van der Waals surface area contributed by atoms with Gasteiger partial charge in [-0.1, -0.05) is 12.1 Å². The van der Waals surface area contributed by atoms with Gasteiger partial charge in [0.15, 0.2) is 5.82 Å². The van der Waals surface area contributed by atoms with Gasteiger partial charge in [0.1, 0.15) is 5.69 Å². The van der Waals surface area contributed by atoms with Crippen LogP contribution in [0.5, 0.6) is 0 Å². The van der Waals surface area contributed by atoms with E-state index in [4.69, 9.17) is 5.73 Å². The summed E-state index contributed by atoms with van der Waals surface area (Å²) in [6.45, 7) is 2.08. The molecular weight excluding hydrogens is 369 g/mol. The summed E-state index contributed by atoms with van der Waals surface area (Å²) in [5.41, 5.74) is 7.58. The summed E-state index contributed by atoms with van der Waals surface area (Å²) in [6.07, 6.45) is 8.07. The van der Waals surface area contributed by atoms with Gasteiger partial charge in [-0.05, 0) is 57.1 Å². The minimum atomic E-state index is -0.427. The molecule has 29 heavy (non-hydrogen) atoms. The standard InChI is InChI=1S/C22H28FN5O/c23-19-14-25-22(26-17-9-7-15(8-10-17)21(24)29)27-20(19)16-5-4-6-18(13-16)28-11-2-1-3-12-28/h4-6,13-15,17H,1-3,7-12H2,(H2,24,29)(H,25,26,27)/t15-,17-. The van der Waals surface area contributed by atoms with Gasteiger partial charge in [-0.3, -0.25) is 4.79 Å². The molecule has 6 nitrogen and oxygen atoms in total. The number of primary amides is 1. The largest absolute Gasteiger partial charge is 0.372 e. The van der Waals surface area contributed by atoms with E-state index in [-0.39, 0.29) is 17.9 Å². The van der Waals surface area contributed by atoms with Gasteiger partial charge >= 0.3 is 0 Å². The number of rotatable bonds is 5. The molecule has 1 saturated heterocycles. The molecule has 2 aromatic rings. The predicted octanol–water partition coefficient (Wildman–Crippen LogP) is 3.73. The topological polar surface area (TPSA) is 84.1 Å². The number of piperidine rings is 1. The average Bonchev–Trinajstić information content (AvgIpc) is 2.76. The molecule has 2 fully saturated rings. The molecule has 0 spiro atoms. The number of benzene rings is 1. The lowest BCUT2D eigenvalue weighted by Crippen LogP contribution is -2.32. The molecule has 4 rings (SSSR count). The van der Waals surface area contributed by atoms with Crippen molar-refractivity contribution in [3.63, 3.8) is 0 Å². The molecule has 3 N–H and O–H groups in total. The Morgan fingerprint density at radius 1 is 1.14 bits per heavy atom. The van der Waals surface area contributed by atoms with Crippen LogP contribution in [0.2, 0.25) is 0 Å². The Morgan fingerprint density at radius 2 is 1.90 bits per heavy atom. The summed E-state index contributed by atoms with van der Waals surface area (Å²) in [6, 6.07) is 8.10. The van der Waals surface area contributed by atoms with E-state index in [2.05, 4.69) is 26.3 Å². The fourth-order valence-electron chi connectivity index (χ4n) is 4.35. The number of carbonyl (C=O) groups is 1. The number of halogens is 1. The van der Waals surface area contributed by atoms with E-state index in [9.17, 15) is 9.18 Å². The van der Waals surface area contributed by atoms with Gasteiger partial charge in [0.2, 0.25) is 11.9 Å². The highest BCUT2D eigenvalue weighted by Crippen LogP contribution is 2.29. The first kappa shape index (κ1) is 19.6. The van der Waals surface area contributed by atoms with Crippen molar-refractivity contribution in [1.82, 2.24) is 9.97 Å². The first-order chi connectivity index (χ1) is 14.1. The minimum Gasteiger partial charge on any atom is -0.372 e. The molecule has 7 heteroatoms. The summed E-state index contributed by atoms with van der Waals surface area (Å²) in [4.78, 5) is 22.3. The molecule has 1 aliphatic carbocycles. The molecule has 154 valence electrons. The van der Waals surface area contributed by atoms with Crippen molar-refractivity contribution in [2.75, 3.05) is 23.3 Å². The van der Waals surface area contributed by atoms with E-state index in [1.54, 1.807) is 0 Å². The molecule has 0 bridgehead atoms. The van der Waals surface area contributed by atoms with Crippen LogP contribution in [0.25, 0.3) is 11.3 Å². The van der Waals surface area contributed by atoms with Crippen LogP contribution in [0.3, 0.4) is 0 Å². The maximum absolute atomic E-state index is 14.5. The van der Waals surface area contributed by atoms with Crippen LogP contribution in [0.4, 0.5) is 16.0 Å². The molecule has 0 radical (unpaired) electrons. The van der Waals surface area contributed by atoms with Crippen LogP contribution >= 0.6 is 0 Å². The number of nitrogens with one attached hydrogen (secondary N) is 1. The zero-order valence-electron chi connectivity index (χ0n) is 16.6. The Kier molecular flexibility index (Phi) is 5.92. The third kappa shape index (κ3) is 4.66. The van der Waals surface area contributed by atoms with Gasteiger partial charge < -0.3 is 16.0 Å². The third-order valence-electron chi connectivity index (χ3n) is 6.05. The van der Waals surface area contributed by atoms with Crippen molar-refractivity contribution < 1.29 is 9.18 Å². The van der Waals surface area contributed by atoms with E-state index in [0.29, 0.717) is 11.6 Å². The van der Waals surface area contributed by atoms with Crippen molar-refractivity contribution in [3.05, 3.63) is 36.3 Å². The number of hydrogen-bond donors (Lipinski definition) is 2. The predicted molar refractivity (Wildman–Crippen MR) is 112 cm³/mol. The Balaban J connectivity index is 1.49. The second kappa shape index (κ2) is 8.76. The summed E-state index contributed by atoms with van der Waals surface area (Å²) in [5, 5.41) is 3.30. The lowest BCUT2D eigenvalue weighted by atomic mass is 9.86. The van der Waals surface area contributed by atoms with Crippen LogP contribution in [0.1, 0.15) is 44.9 Å². The number of amides is 1. The molecule has 2 aliphatic rings. The van der Waals surface area contributed by atoms with Crippen molar-refractivity contribution in [2.45, 2.75) is 51.0 Å². The highest BCUT2D eigenvalue weighted by Gasteiger charge is 2.25.